The van der Waals surface area contributed by atoms with E-state index in [0.717, 1.165) is 5.56 Å². The van der Waals surface area contributed by atoms with Crippen LogP contribution in [0.15, 0.2) is 48.5 Å². The first-order chi connectivity index (χ1) is 18.4. The topological polar surface area (TPSA) is 27.0 Å². The quantitative estimate of drug-likeness (QED) is 0.306. The molecule has 0 atom stereocenters. The Balaban J connectivity index is 0.00000134. The first-order valence-electron chi connectivity index (χ1n) is 13.7. The molecule has 39 heavy (non-hydrogen) atoms. The summed E-state index contributed by atoms with van der Waals surface area (Å²) < 4.78 is 87.5. The normalized spacial score (nSPS) is 18.5. The molecular weight excluding hydrogens is 514 g/mol. The second kappa shape index (κ2) is 12.8. The Hall–Kier alpha value is -2.53. The summed E-state index contributed by atoms with van der Waals surface area (Å²) in [6, 6.07) is 15.9. The van der Waals surface area contributed by atoms with Crippen LogP contribution in [0.25, 0.3) is 0 Å². The summed E-state index contributed by atoms with van der Waals surface area (Å²) in [5.74, 6) is 0. The Morgan fingerprint density at radius 3 is 1.62 bits per heavy atom. The molecule has 214 valence electrons. The van der Waals surface area contributed by atoms with Crippen LogP contribution >= 0.6 is 0 Å². The number of alkyl halides is 6. The fourth-order valence-electron chi connectivity index (χ4n) is 6.62. The highest BCUT2D eigenvalue weighted by atomic mass is 19.4. The van der Waals surface area contributed by atoms with Crippen LogP contribution in [0.2, 0.25) is 0 Å². The number of nitriles is 1. The molecule has 2 aromatic carbocycles. The molecule has 0 spiro atoms. The van der Waals surface area contributed by atoms with Crippen molar-refractivity contribution in [2.24, 2.45) is 0 Å². The Labute approximate surface area is 228 Å². The molecule has 2 saturated carbocycles. The first-order valence-corrected chi connectivity index (χ1v) is 13.7. The highest BCUT2D eigenvalue weighted by Gasteiger charge is 2.60. The van der Waals surface area contributed by atoms with Gasteiger partial charge in [0.1, 0.15) is 0 Å². The van der Waals surface area contributed by atoms with Gasteiger partial charge in [0.25, 0.3) is 0 Å². The summed E-state index contributed by atoms with van der Waals surface area (Å²) in [7, 11) is 1.93. The number of nitrogens with zero attached hydrogens (tertiary/aromatic N) is 2. The molecule has 0 heterocycles. The second-order valence-electron chi connectivity index (χ2n) is 11.0. The van der Waals surface area contributed by atoms with Gasteiger partial charge in [0, 0.05) is 13.5 Å². The number of rotatable bonds is 8. The van der Waals surface area contributed by atoms with Crippen molar-refractivity contribution in [3.8, 4) is 6.07 Å². The third-order valence-corrected chi connectivity index (χ3v) is 8.47. The van der Waals surface area contributed by atoms with Crippen molar-refractivity contribution in [2.45, 2.75) is 101 Å². The van der Waals surface area contributed by atoms with Gasteiger partial charge in [-0.25, -0.2) is 0 Å². The maximum absolute atomic E-state index is 14.6. The van der Waals surface area contributed by atoms with Crippen LogP contribution < -0.4 is 0 Å². The van der Waals surface area contributed by atoms with E-state index in [1.165, 1.54) is 25.1 Å². The lowest BCUT2D eigenvalue weighted by Crippen LogP contribution is -2.44. The highest BCUT2D eigenvalue weighted by Crippen LogP contribution is 2.57. The molecule has 0 radical (unpaired) electrons. The van der Waals surface area contributed by atoms with E-state index < -0.39 is 23.2 Å². The van der Waals surface area contributed by atoms with Crippen molar-refractivity contribution >= 4 is 0 Å². The van der Waals surface area contributed by atoms with E-state index >= 15 is 0 Å². The molecule has 0 unspecified atom stereocenters. The molecular formula is C31H38F6N2. The zero-order valence-electron chi connectivity index (χ0n) is 22.8. The zero-order valence-corrected chi connectivity index (χ0v) is 22.8. The molecule has 0 saturated heterocycles. The molecule has 0 bridgehead atoms. The summed E-state index contributed by atoms with van der Waals surface area (Å²) in [6.07, 6.45) is -6.76. The molecule has 0 amide bonds. The molecule has 8 heteroatoms. The summed E-state index contributed by atoms with van der Waals surface area (Å²) in [4.78, 5) is 2.07. The van der Waals surface area contributed by atoms with Gasteiger partial charge in [-0.15, -0.1) is 0 Å². The van der Waals surface area contributed by atoms with Gasteiger partial charge in [-0.05, 0) is 74.4 Å². The maximum Gasteiger partial charge on any atom is 0.398 e. The molecule has 2 aliphatic rings. The minimum atomic E-state index is -4.50. The smallest absolute Gasteiger partial charge is 0.302 e. The van der Waals surface area contributed by atoms with E-state index in [2.05, 4.69) is 4.90 Å². The predicted octanol–water partition coefficient (Wildman–Crippen LogP) is 9.03. The van der Waals surface area contributed by atoms with Crippen molar-refractivity contribution in [3.63, 3.8) is 0 Å². The van der Waals surface area contributed by atoms with Crippen molar-refractivity contribution in [1.82, 2.24) is 4.90 Å². The third kappa shape index (κ3) is 6.62. The highest BCUT2D eigenvalue weighted by molar-refractivity contribution is 5.47. The van der Waals surface area contributed by atoms with Gasteiger partial charge in [0.2, 0.25) is 0 Å². The van der Waals surface area contributed by atoms with Crippen molar-refractivity contribution in [1.29, 1.82) is 5.26 Å². The van der Waals surface area contributed by atoms with Crippen LogP contribution in [0.1, 0.15) is 87.0 Å². The van der Waals surface area contributed by atoms with Crippen molar-refractivity contribution in [3.05, 3.63) is 70.8 Å². The molecule has 2 aromatic rings. The SMILES string of the molecule is CC#N.CN(CCCc1c(C2(C(F)(F)F)CCCC2)cccc1C1(C(F)(F)F)CCCC1)Cc1ccccc1. The second-order valence-corrected chi connectivity index (χ2v) is 11.0. The Kier molecular flexibility index (Phi) is 10.1. The largest absolute Gasteiger partial charge is 0.398 e. The van der Waals surface area contributed by atoms with Crippen molar-refractivity contribution < 1.29 is 26.3 Å². The zero-order chi connectivity index (χ0) is 28.7. The number of halogens is 6. The summed E-state index contributed by atoms with van der Waals surface area (Å²) in [5.41, 5.74) is -2.52. The Morgan fingerprint density at radius 1 is 0.769 bits per heavy atom. The maximum atomic E-state index is 14.6. The molecule has 0 aromatic heterocycles. The summed E-state index contributed by atoms with van der Waals surface area (Å²) >= 11 is 0. The first kappa shape index (κ1) is 31.0. The lowest BCUT2D eigenvalue weighted by molar-refractivity contribution is -0.191. The number of benzene rings is 2. The van der Waals surface area contributed by atoms with E-state index in [0.29, 0.717) is 50.8 Å². The minimum absolute atomic E-state index is 0.0557. The molecule has 2 aliphatic carbocycles. The van der Waals surface area contributed by atoms with Gasteiger partial charge in [0.05, 0.1) is 16.9 Å². The van der Waals surface area contributed by atoms with E-state index in [1.54, 1.807) is 6.07 Å². The third-order valence-electron chi connectivity index (χ3n) is 8.47. The van der Waals surface area contributed by atoms with Crippen LogP contribution in [0.4, 0.5) is 26.3 Å². The van der Waals surface area contributed by atoms with Gasteiger partial charge >= 0.3 is 12.4 Å². The minimum Gasteiger partial charge on any atom is -0.302 e. The number of hydrogen-bond acceptors (Lipinski definition) is 2. The average molecular weight is 553 g/mol. The molecule has 0 aliphatic heterocycles. The van der Waals surface area contributed by atoms with E-state index in [9.17, 15) is 26.3 Å². The van der Waals surface area contributed by atoms with Crippen LogP contribution in [0.5, 0.6) is 0 Å². The van der Waals surface area contributed by atoms with Gasteiger partial charge < -0.3 is 4.90 Å². The Morgan fingerprint density at radius 2 is 1.21 bits per heavy atom. The lowest BCUT2D eigenvalue weighted by Gasteiger charge is -2.39. The summed E-state index contributed by atoms with van der Waals surface area (Å²) in [5, 5.41) is 7.32. The predicted molar refractivity (Wildman–Crippen MR) is 141 cm³/mol. The van der Waals surface area contributed by atoms with E-state index in [4.69, 9.17) is 5.26 Å². The van der Waals surface area contributed by atoms with Crippen LogP contribution in [0.3, 0.4) is 0 Å². The van der Waals surface area contributed by atoms with Gasteiger partial charge in [-0.1, -0.05) is 74.2 Å². The average Bonchev–Trinajstić information content (AvgIpc) is 3.56. The molecule has 2 fully saturated rings. The number of hydrogen-bond donors (Lipinski definition) is 0. The van der Waals surface area contributed by atoms with Gasteiger partial charge in [0.15, 0.2) is 0 Å². The van der Waals surface area contributed by atoms with E-state index in [-0.39, 0.29) is 43.2 Å². The molecule has 2 nitrogen and oxygen atoms in total. The monoisotopic (exact) mass is 552 g/mol. The van der Waals surface area contributed by atoms with Crippen molar-refractivity contribution in [2.75, 3.05) is 13.6 Å². The Bertz CT molecular complexity index is 1040. The van der Waals surface area contributed by atoms with E-state index in [1.807, 2.05) is 37.4 Å². The fourth-order valence-corrected chi connectivity index (χ4v) is 6.62. The van der Waals surface area contributed by atoms with Gasteiger partial charge in [-0.2, -0.15) is 31.6 Å². The molecule has 0 N–H and O–H groups in total. The van der Waals surface area contributed by atoms with Crippen LogP contribution in [-0.4, -0.2) is 30.8 Å². The summed E-state index contributed by atoms with van der Waals surface area (Å²) in [6.45, 7) is 2.69. The van der Waals surface area contributed by atoms with Crippen LogP contribution in [-0.2, 0) is 23.8 Å². The van der Waals surface area contributed by atoms with Crippen LogP contribution in [0, 0.1) is 11.3 Å². The fraction of sp³-hybridized carbons (Fsp3) is 0.581. The van der Waals surface area contributed by atoms with Gasteiger partial charge in [-0.3, -0.25) is 0 Å². The lowest BCUT2D eigenvalue weighted by atomic mass is 9.69. The molecule has 4 rings (SSSR count). The standard InChI is InChI=1S/C29H35F6N.C2H3N/c1-36(21-22-11-3-2-4-12-22)20-10-13-23-24(26(28(30,31)32)16-5-6-17-26)14-9-15-25(23)27(29(33,34)35)18-7-8-19-27;1-2-3/h2-4,9,11-12,14-15H,5-8,10,13,16-21H2,1H3;1H3.